The molecular formula is C12H9NO2. The van der Waals surface area contributed by atoms with Gasteiger partial charge in [-0.25, -0.2) is 0 Å². The first-order valence-corrected chi connectivity index (χ1v) is 4.79. The molecule has 74 valence electrons. The van der Waals surface area contributed by atoms with Crippen molar-refractivity contribution in [3.8, 4) is 0 Å². The summed E-state index contributed by atoms with van der Waals surface area (Å²) in [7, 11) is 0. The van der Waals surface area contributed by atoms with E-state index >= 15 is 0 Å². The smallest absolute Gasteiger partial charge is 0.137 e. The highest BCUT2D eigenvalue weighted by molar-refractivity contribution is 6.14. The Bertz CT molecular complexity index is 578. The monoisotopic (exact) mass is 199 g/mol. The SMILES string of the molecule is ON=C1CC=Cc2oc3ccccc3c21. The molecule has 0 radical (unpaired) electrons. The van der Waals surface area contributed by atoms with Gasteiger partial charge in [0, 0.05) is 11.8 Å². The molecule has 3 heteroatoms. The lowest BCUT2D eigenvalue weighted by atomic mass is 9.99. The Morgan fingerprint density at radius 3 is 3.00 bits per heavy atom. The number of para-hydroxylation sites is 1. The van der Waals surface area contributed by atoms with E-state index in [0.29, 0.717) is 12.1 Å². The second-order valence-electron chi connectivity index (χ2n) is 3.49. The Morgan fingerprint density at radius 1 is 1.27 bits per heavy atom. The van der Waals surface area contributed by atoms with Gasteiger partial charge in [0.2, 0.25) is 0 Å². The van der Waals surface area contributed by atoms with Gasteiger partial charge in [-0.1, -0.05) is 29.4 Å². The van der Waals surface area contributed by atoms with Crippen LogP contribution >= 0.6 is 0 Å². The van der Waals surface area contributed by atoms with E-state index in [4.69, 9.17) is 9.62 Å². The maximum atomic E-state index is 8.93. The number of furan rings is 1. The minimum absolute atomic E-state index is 0.646. The summed E-state index contributed by atoms with van der Waals surface area (Å²) in [5.74, 6) is 0.773. The summed E-state index contributed by atoms with van der Waals surface area (Å²) in [5.41, 5.74) is 2.41. The van der Waals surface area contributed by atoms with Gasteiger partial charge in [-0.15, -0.1) is 0 Å². The lowest BCUT2D eigenvalue weighted by molar-refractivity contribution is 0.318. The van der Waals surface area contributed by atoms with E-state index in [-0.39, 0.29) is 0 Å². The molecule has 3 nitrogen and oxygen atoms in total. The first-order valence-electron chi connectivity index (χ1n) is 4.79. The van der Waals surface area contributed by atoms with Gasteiger partial charge in [0.25, 0.3) is 0 Å². The van der Waals surface area contributed by atoms with Crippen molar-refractivity contribution in [1.29, 1.82) is 0 Å². The number of rotatable bonds is 0. The molecular weight excluding hydrogens is 190 g/mol. The van der Waals surface area contributed by atoms with Gasteiger partial charge in [0.15, 0.2) is 0 Å². The van der Waals surface area contributed by atoms with Gasteiger partial charge in [-0.3, -0.25) is 0 Å². The highest BCUT2D eigenvalue weighted by Crippen LogP contribution is 2.30. The highest BCUT2D eigenvalue weighted by atomic mass is 16.4. The Kier molecular flexibility index (Phi) is 1.65. The number of hydrogen-bond donors (Lipinski definition) is 1. The minimum atomic E-state index is 0.646. The molecule has 15 heavy (non-hydrogen) atoms. The van der Waals surface area contributed by atoms with Gasteiger partial charge in [-0.05, 0) is 12.1 Å². The van der Waals surface area contributed by atoms with E-state index in [1.807, 2.05) is 36.4 Å². The molecule has 1 aromatic carbocycles. The standard InChI is InChI=1S/C12H9NO2/c14-13-9-5-3-7-11-12(9)8-4-1-2-6-10(8)15-11/h1-4,6-7,14H,5H2. The molecule has 1 N–H and O–H groups in total. The largest absolute Gasteiger partial charge is 0.456 e. The fourth-order valence-corrected chi connectivity index (χ4v) is 1.95. The van der Waals surface area contributed by atoms with E-state index in [1.54, 1.807) is 0 Å². The van der Waals surface area contributed by atoms with Crippen LogP contribution in [0.4, 0.5) is 0 Å². The molecule has 0 bridgehead atoms. The van der Waals surface area contributed by atoms with Crippen LogP contribution in [0.25, 0.3) is 17.0 Å². The van der Waals surface area contributed by atoms with Crippen molar-refractivity contribution in [3.05, 3.63) is 41.7 Å². The van der Waals surface area contributed by atoms with E-state index in [2.05, 4.69) is 5.16 Å². The lowest BCUT2D eigenvalue weighted by Crippen LogP contribution is -2.03. The van der Waals surface area contributed by atoms with Gasteiger partial charge >= 0.3 is 0 Å². The molecule has 1 heterocycles. The summed E-state index contributed by atoms with van der Waals surface area (Å²) in [6, 6.07) is 7.76. The van der Waals surface area contributed by atoms with E-state index in [0.717, 1.165) is 22.3 Å². The Hall–Kier alpha value is -2.03. The third kappa shape index (κ3) is 1.09. The van der Waals surface area contributed by atoms with Crippen LogP contribution in [0.15, 0.2) is 39.9 Å². The van der Waals surface area contributed by atoms with Crippen LogP contribution in [-0.4, -0.2) is 10.9 Å². The van der Waals surface area contributed by atoms with Crippen LogP contribution in [0, 0.1) is 0 Å². The molecule has 0 amide bonds. The molecule has 2 aromatic rings. The fourth-order valence-electron chi connectivity index (χ4n) is 1.95. The molecule has 1 aliphatic carbocycles. The number of nitrogens with zero attached hydrogens (tertiary/aromatic N) is 1. The van der Waals surface area contributed by atoms with Crippen molar-refractivity contribution in [2.24, 2.45) is 5.16 Å². The average Bonchev–Trinajstić information content (AvgIpc) is 2.67. The molecule has 0 fully saturated rings. The average molecular weight is 199 g/mol. The topological polar surface area (TPSA) is 45.7 Å². The first kappa shape index (κ1) is 8.29. The van der Waals surface area contributed by atoms with Crippen molar-refractivity contribution >= 4 is 22.8 Å². The zero-order valence-corrected chi connectivity index (χ0v) is 7.97. The molecule has 0 atom stereocenters. The van der Waals surface area contributed by atoms with Crippen LogP contribution in [-0.2, 0) is 0 Å². The summed E-state index contributed by atoms with van der Waals surface area (Å²) >= 11 is 0. The molecule has 0 aliphatic heterocycles. The van der Waals surface area contributed by atoms with E-state index in [9.17, 15) is 0 Å². The van der Waals surface area contributed by atoms with E-state index in [1.165, 1.54) is 0 Å². The summed E-state index contributed by atoms with van der Waals surface area (Å²) in [4.78, 5) is 0. The predicted molar refractivity (Wildman–Crippen MR) is 58.2 cm³/mol. The number of benzene rings is 1. The predicted octanol–water partition coefficient (Wildman–Crippen LogP) is 3.03. The summed E-state index contributed by atoms with van der Waals surface area (Å²) in [6.45, 7) is 0. The Morgan fingerprint density at radius 2 is 2.13 bits per heavy atom. The second-order valence-corrected chi connectivity index (χ2v) is 3.49. The van der Waals surface area contributed by atoms with Gasteiger partial charge < -0.3 is 9.62 Å². The summed E-state index contributed by atoms with van der Waals surface area (Å²) in [6.07, 6.45) is 4.50. The quantitative estimate of drug-likeness (QED) is 0.523. The third-order valence-corrected chi connectivity index (χ3v) is 2.61. The molecule has 1 aliphatic rings. The highest BCUT2D eigenvalue weighted by Gasteiger charge is 2.19. The minimum Gasteiger partial charge on any atom is -0.456 e. The van der Waals surface area contributed by atoms with Crippen LogP contribution in [0.2, 0.25) is 0 Å². The molecule has 1 aromatic heterocycles. The Balaban J connectivity index is 2.42. The van der Waals surface area contributed by atoms with Crippen molar-refractivity contribution < 1.29 is 9.62 Å². The first-order chi connectivity index (χ1) is 7.40. The van der Waals surface area contributed by atoms with Crippen LogP contribution in [0.5, 0.6) is 0 Å². The van der Waals surface area contributed by atoms with Gasteiger partial charge in [0.05, 0.1) is 11.3 Å². The number of hydrogen-bond acceptors (Lipinski definition) is 3. The molecule has 3 rings (SSSR count). The van der Waals surface area contributed by atoms with Crippen LogP contribution < -0.4 is 0 Å². The number of fused-ring (bicyclic) bond motifs is 3. The van der Waals surface area contributed by atoms with Crippen molar-refractivity contribution in [2.75, 3.05) is 0 Å². The molecule has 0 unspecified atom stereocenters. The van der Waals surface area contributed by atoms with Crippen molar-refractivity contribution in [3.63, 3.8) is 0 Å². The lowest BCUT2D eigenvalue weighted by Gasteiger charge is -2.04. The summed E-state index contributed by atoms with van der Waals surface area (Å²) < 4.78 is 5.64. The van der Waals surface area contributed by atoms with Crippen molar-refractivity contribution in [2.45, 2.75) is 6.42 Å². The second kappa shape index (κ2) is 2.98. The van der Waals surface area contributed by atoms with Crippen LogP contribution in [0.1, 0.15) is 17.7 Å². The summed E-state index contributed by atoms with van der Waals surface area (Å²) in [5, 5.41) is 13.2. The molecule has 0 spiro atoms. The maximum absolute atomic E-state index is 8.93. The van der Waals surface area contributed by atoms with Crippen LogP contribution in [0.3, 0.4) is 0 Å². The third-order valence-electron chi connectivity index (χ3n) is 2.61. The molecule has 0 saturated heterocycles. The van der Waals surface area contributed by atoms with E-state index < -0.39 is 0 Å². The maximum Gasteiger partial charge on any atom is 0.137 e. The fraction of sp³-hybridized carbons (Fsp3) is 0.0833. The van der Waals surface area contributed by atoms with Crippen molar-refractivity contribution in [1.82, 2.24) is 0 Å². The number of allylic oxidation sites excluding steroid dienone is 1. The number of oxime groups is 1. The normalized spacial score (nSPS) is 17.2. The van der Waals surface area contributed by atoms with Gasteiger partial charge in [-0.2, -0.15) is 0 Å². The zero-order chi connectivity index (χ0) is 10.3. The molecule has 0 saturated carbocycles. The van der Waals surface area contributed by atoms with Gasteiger partial charge in [0.1, 0.15) is 11.3 Å². The Labute approximate surface area is 86.3 Å². The zero-order valence-electron chi connectivity index (χ0n) is 7.97.